The van der Waals surface area contributed by atoms with E-state index in [1.807, 2.05) is 44.2 Å². The van der Waals surface area contributed by atoms with E-state index >= 15 is 0 Å². The van der Waals surface area contributed by atoms with E-state index in [1.165, 1.54) is 5.69 Å². The van der Waals surface area contributed by atoms with E-state index < -0.39 is 0 Å². The highest BCUT2D eigenvalue weighted by Gasteiger charge is 2.18. The maximum Gasteiger partial charge on any atom is 0.255 e. The van der Waals surface area contributed by atoms with Gasteiger partial charge in [0.25, 0.3) is 5.91 Å². The van der Waals surface area contributed by atoms with Gasteiger partial charge in [0, 0.05) is 61.1 Å². The Labute approximate surface area is 203 Å². The lowest BCUT2D eigenvalue weighted by molar-refractivity contribution is 0.102. The number of amides is 1. The van der Waals surface area contributed by atoms with Crippen molar-refractivity contribution in [3.05, 3.63) is 70.4 Å². The number of methoxy groups -OCH3 is 1. The number of carbonyl (C=O) groups excluding carboxylic acids is 1. The van der Waals surface area contributed by atoms with Gasteiger partial charge in [0.05, 0.1) is 18.5 Å². The van der Waals surface area contributed by atoms with Crippen LogP contribution >= 0.6 is 11.3 Å². The summed E-state index contributed by atoms with van der Waals surface area (Å²) in [7, 11) is 1.62. The molecular weight excluding hydrogens is 446 g/mol. The Bertz CT molecular complexity index is 1340. The summed E-state index contributed by atoms with van der Waals surface area (Å²) < 4.78 is 7.63. The number of nitrogens with one attached hydrogen (secondary N) is 2. The zero-order valence-electron chi connectivity index (χ0n) is 19.7. The first-order valence-corrected chi connectivity index (χ1v) is 12.4. The third kappa shape index (κ3) is 4.44. The second kappa shape index (κ2) is 9.58. The Morgan fingerprint density at radius 2 is 2.00 bits per heavy atom. The number of hydrogen-bond acceptors (Lipinski definition) is 6. The Kier molecular flexibility index (Phi) is 6.36. The number of hydrogen-bond donors (Lipinski definition) is 2. The molecule has 0 radical (unpaired) electrons. The van der Waals surface area contributed by atoms with E-state index in [0.717, 1.165) is 65.8 Å². The van der Waals surface area contributed by atoms with Crippen molar-refractivity contribution in [1.29, 1.82) is 0 Å². The molecule has 34 heavy (non-hydrogen) atoms. The monoisotopic (exact) mass is 475 g/mol. The van der Waals surface area contributed by atoms with Gasteiger partial charge in [0.15, 0.2) is 4.96 Å². The maximum absolute atomic E-state index is 13.1. The van der Waals surface area contributed by atoms with Crippen molar-refractivity contribution >= 4 is 27.9 Å². The molecule has 1 aliphatic heterocycles. The van der Waals surface area contributed by atoms with E-state index in [9.17, 15) is 4.79 Å². The van der Waals surface area contributed by atoms with Gasteiger partial charge in [-0.05, 0) is 43.2 Å². The highest BCUT2D eigenvalue weighted by atomic mass is 32.1. The number of rotatable bonds is 6. The lowest BCUT2D eigenvalue weighted by Crippen LogP contribution is -2.43. The third-order valence-electron chi connectivity index (χ3n) is 6.43. The lowest BCUT2D eigenvalue weighted by Gasteiger charge is -2.26. The molecule has 0 bridgehead atoms. The van der Waals surface area contributed by atoms with Crippen molar-refractivity contribution in [2.75, 3.05) is 38.6 Å². The molecule has 4 aromatic rings. The Balaban J connectivity index is 1.42. The van der Waals surface area contributed by atoms with Gasteiger partial charge in [-0.2, -0.15) is 0 Å². The normalized spacial score (nSPS) is 14.4. The van der Waals surface area contributed by atoms with Gasteiger partial charge in [-0.1, -0.05) is 18.2 Å². The standard InChI is InChI=1S/C26H29N5O2S/c1-17-12-19(13-24(33-3)18(17)2)25(32)28-22-7-5-4-6-21(22)23-15-31-20(16-34-26(31)29-23)14-30-10-8-27-9-11-30/h4-7,12-13,15-16,27H,8-11,14H2,1-3H3,(H,28,32). The SMILES string of the molecule is COc1cc(C(=O)Nc2ccccc2-c2cn3c(CN4CCNCC4)csc3n2)cc(C)c1C. The van der Waals surface area contributed by atoms with Gasteiger partial charge in [0.2, 0.25) is 0 Å². The predicted molar refractivity (Wildman–Crippen MR) is 137 cm³/mol. The number of thiazole rings is 1. The van der Waals surface area contributed by atoms with E-state index in [4.69, 9.17) is 9.72 Å². The molecular formula is C26H29N5O2S. The number of aromatic nitrogens is 2. The fourth-order valence-corrected chi connectivity index (χ4v) is 5.22. The summed E-state index contributed by atoms with van der Waals surface area (Å²) in [4.78, 5) is 21.4. The van der Waals surface area contributed by atoms with Gasteiger partial charge >= 0.3 is 0 Å². The summed E-state index contributed by atoms with van der Waals surface area (Å²) in [5, 5.41) is 8.68. The minimum Gasteiger partial charge on any atom is -0.496 e. The van der Waals surface area contributed by atoms with Crippen LogP contribution in [0.15, 0.2) is 48.0 Å². The molecule has 2 aromatic carbocycles. The van der Waals surface area contributed by atoms with Crippen LogP contribution in [-0.4, -0.2) is 53.5 Å². The van der Waals surface area contributed by atoms with Crippen molar-refractivity contribution < 1.29 is 9.53 Å². The van der Waals surface area contributed by atoms with E-state index in [1.54, 1.807) is 24.5 Å². The zero-order chi connectivity index (χ0) is 23.7. The van der Waals surface area contributed by atoms with E-state index in [0.29, 0.717) is 11.3 Å². The topological polar surface area (TPSA) is 70.9 Å². The second-order valence-electron chi connectivity index (χ2n) is 8.65. The van der Waals surface area contributed by atoms with Crippen molar-refractivity contribution in [2.24, 2.45) is 0 Å². The van der Waals surface area contributed by atoms with Gasteiger partial charge in [-0.15, -0.1) is 11.3 Å². The largest absolute Gasteiger partial charge is 0.496 e. The molecule has 1 saturated heterocycles. The number of ether oxygens (including phenoxy) is 1. The number of imidazole rings is 1. The third-order valence-corrected chi connectivity index (χ3v) is 7.32. The van der Waals surface area contributed by atoms with Crippen LogP contribution in [0.2, 0.25) is 0 Å². The summed E-state index contributed by atoms with van der Waals surface area (Å²) in [6.45, 7) is 9.05. The average Bonchev–Trinajstić information content (AvgIpc) is 3.43. The molecule has 0 aliphatic carbocycles. The number of fused-ring (bicyclic) bond motifs is 1. The van der Waals surface area contributed by atoms with Crippen LogP contribution in [0.25, 0.3) is 16.2 Å². The van der Waals surface area contributed by atoms with Crippen LogP contribution in [0.5, 0.6) is 5.75 Å². The smallest absolute Gasteiger partial charge is 0.255 e. The van der Waals surface area contributed by atoms with Crippen molar-refractivity contribution in [2.45, 2.75) is 20.4 Å². The van der Waals surface area contributed by atoms with Gasteiger partial charge in [0.1, 0.15) is 5.75 Å². The summed E-state index contributed by atoms with van der Waals surface area (Å²) >= 11 is 1.65. The lowest BCUT2D eigenvalue weighted by atomic mass is 10.0. The van der Waals surface area contributed by atoms with Gasteiger partial charge in [-0.25, -0.2) is 4.98 Å². The molecule has 176 valence electrons. The van der Waals surface area contributed by atoms with Gasteiger partial charge in [-0.3, -0.25) is 14.1 Å². The first-order valence-electron chi connectivity index (χ1n) is 11.5. The Hall–Kier alpha value is -3.20. The molecule has 1 aliphatic rings. The van der Waals surface area contributed by atoms with Crippen molar-refractivity contribution in [3.8, 4) is 17.0 Å². The van der Waals surface area contributed by atoms with Crippen LogP contribution in [0.1, 0.15) is 27.2 Å². The molecule has 3 heterocycles. The average molecular weight is 476 g/mol. The Morgan fingerprint density at radius 1 is 1.21 bits per heavy atom. The summed E-state index contributed by atoms with van der Waals surface area (Å²) in [6.07, 6.45) is 2.08. The molecule has 0 spiro atoms. The summed E-state index contributed by atoms with van der Waals surface area (Å²) in [6, 6.07) is 11.5. The summed E-state index contributed by atoms with van der Waals surface area (Å²) in [5.74, 6) is 0.541. The highest BCUT2D eigenvalue weighted by molar-refractivity contribution is 7.15. The minimum absolute atomic E-state index is 0.172. The van der Waals surface area contributed by atoms with Crippen LogP contribution in [0.4, 0.5) is 5.69 Å². The number of carbonyl (C=O) groups is 1. The fourth-order valence-electron chi connectivity index (χ4n) is 4.35. The molecule has 0 saturated carbocycles. The zero-order valence-corrected chi connectivity index (χ0v) is 20.5. The maximum atomic E-state index is 13.1. The highest BCUT2D eigenvalue weighted by Crippen LogP contribution is 2.31. The molecule has 1 fully saturated rings. The first kappa shape index (κ1) is 22.6. The number of para-hydroxylation sites is 1. The van der Waals surface area contributed by atoms with Crippen molar-refractivity contribution in [3.63, 3.8) is 0 Å². The van der Waals surface area contributed by atoms with Gasteiger partial charge < -0.3 is 15.4 Å². The van der Waals surface area contributed by atoms with Crippen LogP contribution in [0, 0.1) is 13.8 Å². The first-order chi connectivity index (χ1) is 16.5. The molecule has 5 rings (SSSR count). The number of nitrogens with zero attached hydrogens (tertiary/aromatic N) is 3. The molecule has 2 N–H and O–H groups in total. The molecule has 0 atom stereocenters. The number of aryl methyl sites for hydroxylation is 1. The summed E-state index contributed by atoms with van der Waals surface area (Å²) in [5.41, 5.74) is 6.35. The quantitative estimate of drug-likeness (QED) is 0.434. The van der Waals surface area contributed by atoms with E-state index in [2.05, 4.69) is 31.5 Å². The minimum atomic E-state index is -0.172. The number of anilines is 1. The molecule has 7 nitrogen and oxygen atoms in total. The van der Waals surface area contributed by atoms with Crippen molar-refractivity contribution in [1.82, 2.24) is 19.6 Å². The molecule has 8 heteroatoms. The van der Waals surface area contributed by atoms with Crippen LogP contribution in [0.3, 0.4) is 0 Å². The molecule has 1 amide bonds. The molecule has 0 unspecified atom stereocenters. The van der Waals surface area contributed by atoms with Crippen LogP contribution < -0.4 is 15.4 Å². The molecule has 2 aromatic heterocycles. The van der Waals surface area contributed by atoms with E-state index in [-0.39, 0.29) is 5.91 Å². The second-order valence-corrected chi connectivity index (χ2v) is 9.49. The Morgan fingerprint density at radius 3 is 2.79 bits per heavy atom. The fraction of sp³-hybridized carbons (Fsp3) is 0.308. The predicted octanol–water partition coefficient (Wildman–Crippen LogP) is 4.35. The number of benzene rings is 2. The number of piperazine rings is 1. The van der Waals surface area contributed by atoms with Crippen LogP contribution in [-0.2, 0) is 6.54 Å².